The molecule has 8 N–H and O–H groups in total. The first-order chi connectivity index (χ1) is 19.4. The third-order valence-electron chi connectivity index (χ3n) is 7.54. The molecular weight excluding hydrogens is 556 g/mol. The molecule has 2 unspecified atom stereocenters. The number of nitrogen functional groups attached to an aromatic ring is 1. The van der Waals surface area contributed by atoms with Crippen LogP contribution in [0.25, 0.3) is 0 Å². The van der Waals surface area contributed by atoms with Gasteiger partial charge in [0.1, 0.15) is 17.1 Å². The fourth-order valence-corrected chi connectivity index (χ4v) is 5.03. The molecule has 0 bridgehead atoms. The largest absolute Gasteiger partial charge is 0.491 e. The lowest BCUT2D eigenvalue weighted by molar-refractivity contribution is -0.384. The molecule has 0 spiro atoms. The van der Waals surface area contributed by atoms with Gasteiger partial charge < -0.3 is 37.0 Å². The zero-order valence-electron chi connectivity index (χ0n) is 25.7. The van der Waals surface area contributed by atoms with Crippen LogP contribution in [0.15, 0.2) is 30.3 Å². The second-order valence-electron chi connectivity index (χ2n) is 12.1. The first-order valence-corrected chi connectivity index (χ1v) is 16.9. The molecule has 0 fully saturated rings. The Morgan fingerprint density at radius 3 is 2.12 bits per heavy atom. The van der Waals surface area contributed by atoms with E-state index in [2.05, 4.69) is 44.5 Å². The van der Waals surface area contributed by atoms with Crippen molar-refractivity contribution >= 4 is 42.9 Å². The summed E-state index contributed by atoms with van der Waals surface area (Å²) in [5.74, 6) is -0.909. The Morgan fingerprint density at radius 1 is 0.976 bits per heavy atom. The van der Waals surface area contributed by atoms with Gasteiger partial charge in [-0.2, -0.15) is 0 Å². The van der Waals surface area contributed by atoms with Gasteiger partial charge >= 0.3 is 0 Å². The number of amides is 2. The van der Waals surface area contributed by atoms with Crippen molar-refractivity contribution in [2.75, 3.05) is 29.6 Å². The molecule has 2 rings (SSSR count). The summed E-state index contributed by atoms with van der Waals surface area (Å²) >= 11 is 0. The lowest BCUT2D eigenvalue weighted by Crippen LogP contribution is -2.41. The van der Waals surface area contributed by atoms with E-state index in [1.54, 1.807) is 6.07 Å². The summed E-state index contributed by atoms with van der Waals surface area (Å²) < 4.78 is 12.3. The van der Waals surface area contributed by atoms with Crippen molar-refractivity contribution in [2.24, 2.45) is 11.5 Å². The number of nitrogens with zero attached hydrogens (tertiary/aromatic N) is 1. The average molecular weight is 603 g/mol. The van der Waals surface area contributed by atoms with Crippen LogP contribution < -0.4 is 32.6 Å². The second-order valence-corrected chi connectivity index (χ2v) is 16.9. The summed E-state index contributed by atoms with van der Waals surface area (Å²) in [6, 6.07) is 7.02. The van der Waals surface area contributed by atoms with Crippen LogP contribution in [0.2, 0.25) is 18.1 Å². The molecule has 13 heteroatoms. The quantitative estimate of drug-likeness (QED) is 0.0560. The van der Waals surface area contributed by atoms with Crippen molar-refractivity contribution < 1.29 is 23.7 Å². The molecule has 0 saturated carbocycles. The SMILES string of the molecule is CC(CCC(C)Nc1c(N)cc(C(N)=O)cc1OCCCO[Si](C)(C)C(C)(C)C)Nc1ccc(C(N)=O)cc1[N+](=O)[O-]. The molecular formula is C29H46N6O6Si. The minimum Gasteiger partial charge on any atom is -0.491 e. The van der Waals surface area contributed by atoms with Gasteiger partial charge in [-0.05, 0) is 69.1 Å². The molecule has 0 saturated heterocycles. The normalized spacial score (nSPS) is 13.2. The molecule has 2 atom stereocenters. The minimum atomic E-state index is -1.87. The maximum Gasteiger partial charge on any atom is 0.293 e. The van der Waals surface area contributed by atoms with Crippen molar-refractivity contribution in [1.82, 2.24) is 0 Å². The molecule has 2 aromatic carbocycles. The maximum absolute atomic E-state index is 11.9. The van der Waals surface area contributed by atoms with Crippen LogP contribution in [0.1, 0.15) is 74.6 Å². The van der Waals surface area contributed by atoms with Crippen LogP contribution in [0.3, 0.4) is 0 Å². The van der Waals surface area contributed by atoms with Crippen LogP contribution in [-0.2, 0) is 4.43 Å². The number of nitro groups is 1. The molecule has 2 aromatic rings. The van der Waals surface area contributed by atoms with Gasteiger partial charge in [0, 0.05) is 42.3 Å². The number of nitrogens with two attached hydrogens (primary N) is 3. The van der Waals surface area contributed by atoms with Crippen molar-refractivity contribution in [1.29, 1.82) is 0 Å². The van der Waals surface area contributed by atoms with Crippen LogP contribution >= 0.6 is 0 Å². The highest BCUT2D eigenvalue weighted by molar-refractivity contribution is 6.74. The Hall–Kier alpha value is -3.84. The first-order valence-electron chi connectivity index (χ1n) is 14.0. The molecule has 232 valence electrons. The van der Waals surface area contributed by atoms with Gasteiger partial charge in [0.15, 0.2) is 8.32 Å². The number of hydrogen-bond acceptors (Lipinski definition) is 9. The Labute approximate surface area is 249 Å². The third kappa shape index (κ3) is 9.62. The molecule has 0 aliphatic heterocycles. The summed E-state index contributed by atoms with van der Waals surface area (Å²) in [7, 11) is -1.87. The highest BCUT2D eigenvalue weighted by Crippen LogP contribution is 2.37. The predicted octanol–water partition coefficient (Wildman–Crippen LogP) is 5.25. The number of nitro benzene ring substituents is 1. The Bertz CT molecular complexity index is 1280. The fraction of sp³-hybridized carbons (Fsp3) is 0.517. The Kier molecular flexibility index (Phi) is 11.7. The molecule has 12 nitrogen and oxygen atoms in total. The summed E-state index contributed by atoms with van der Waals surface area (Å²) in [6.07, 6.45) is 2.00. The predicted molar refractivity (Wildman–Crippen MR) is 170 cm³/mol. The number of nitrogens with one attached hydrogen (secondary N) is 2. The molecule has 2 amide bonds. The zero-order valence-corrected chi connectivity index (χ0v) is 26.7. The first kappa shape index (κ1) is 34.4. The molecule has 0 aliphatic rings. The van der Waals surface area contributed by atoms with E-state index in [1.807, 2.05) is 13.8 Å². The van der Waals surface area contributed by atoms with Crippen LogP contribution in [0.4, 0.5) is 22.7 Å². The van der Waals surface area contributed by atoms with E-state index in [0.717, 1.165) is 0 Å². The van der Waals surface area contributed by atoms with Crippen LogP contribution in [0.5, 0.6) is 5.75 Å². The number of anilines is 3. The van der Waals surface area contributed by atoms with E-state index in [-0.39, 0.29) is 33.9 Å². The van der Waals surface area contributed by atoms with Crippen LogP contribution in [0, 0.1) is 10.1 Å². The smallest absolute Gasteiger partial charge is 0.293 e. The molecule has 0 radical (unpaired) electrons. The lowest BCUT2D eigenvalue weighted by atomic mass is 10.1. The number of primary amides is 2. The fourth-order valence-electron chi connectivity index (χ4n) is 3.95. The van der Waals surface area contributed by atoms with Gasteiger partial charge in [0.25, 0.3) is 5.69 Å². The van der Waals surface area contributed by atoms with Crippen molar-refractivity contribution in [3.8, 4) is 5.75 Å². The van der Waals surface area contributed by atoms with Crippen LogP contribution in [-0.4, -0.2) is 50.4 Å². The third-order valence-corrected chi connectivity index (χ3v) is 12.1. The Morgan fingerprint density at radius 2 is 1.57 bits per heavy atom. The topological polar surface area (TPSA) is 198 Å². The molecule has 0 aliphatic carbocycles. The summed E-state index contributed by atoms with van der Waals surface area (Å²) in [5, 5.41) is 18.2. The van der Waals surface area contributed by atoms with E-state index >= 15 is 0 Å². The number of carbonyl (C=O) groups excluding carboxylic acids is 2. The standard InChI is InChI=1S/C29H46N6O6Si/c1-18(33-23-12-11-20(27(31)36)16-24(23)35(38)39)9-10-19(2)34-26-22(30)15-21(28(32)37)17-25(26)40-13-8-14-41-42(6,7)29(3,4)5/h11-12,15-19,33-34H,8-10,13-14,30H2,1-7H3,(H2,31,36)(H2,32,37). The zero-order chi connectivity index (χ0) is 31.8. The number of ether oxygens (including phenoxy) is 1. The number of benzene rings is 2. The minimum absolute atomic E-state index is 0.0625. The Balaban J connectivity index is 2.04. The molecule has 0 aromatic heterocycles. The van der Waals surface area contributed by atoms with Gasteiger partial charge in [-0.25, -0.2) is 0 Å². The lowest BCUT2D eigenvalue weighted by Gasteiger charge is -2.36. The van der Waals surface area contributed by atoms with Crippen molar-refractivity contribution in [3.63, 3.8) is 0 Å². The van der Waals surface area contributed by atoms with Gasteiger partial charge in [0.2, 0.25) is 11.8 Å². The highest BCUT2D eigenvalue weighted by atomic mass is 28.4. The van der Waals surface area contributed by atoms with E-state index < -0.39 is 25.1 Å². The van der Waals surface area contributed by atoms with E-state index in [4.69, 9.17) is 26.4 Å². The van der Waals surface area contributed by atoms with E-state index in [0.29, 0.717) is 55.3 Å². The van der Waals surface area contributed by atoms with Crippen molar-refractivity contribution in [3.05, 3.63) is 51.6 Å². The molecule has 0 heterocycles. The number of rotatable bonds is 16. The van der Waals surface area contributed by atoms with Crippen molar-refractivity contribution in [2.45, 2.75) is 84.1 Å². The highest BCUT2D eigenvalue weighted by Gasteiger charge is 2.36. The van der Waals surface area contributed by atoms with E-state index in [9.17, 15) is 19.7 Å². The summed E-state index contributed by atoms with van der Waals surface area (Å²) in [5.41, 5.74) is 18.4. The monoisotopic (exact) mass is 602 g/mol. The van der Waals surface area contributed by atoms with Gasteiger partial charge in [-0.1, -0.05) is 20.8 Å². The van der Waals surface area contributed by atoms with Gasteiger partial charge in [-0.15, -0.1) is 0 Å². The maximum atomic E-state index is 11.9. The number of carbonyl (C=O) groups is 2. The van der Waals surface area contributed by atoms with Gasteiger partial charge in [-0.3, -0.25) is 19.7 Å². The summed E-state index contributed by atoms with van der Waals surface area (Å²) in [4.78, 5) is 34.3. The van der Waals surface area contributed by atoms with E-state index in [1.165, 1.54) is 24.3 Å². The number of hydrogen-bond donors (Lipinski definition) is 5. The average Bonchev–Trinajstić information content (AvgIpc) is 2.88. The van der Waals surface area contributed by atoms with Gasteiger partial charge in [0.05, 0.1) is 17.2 Å². The second kappa shape index (κ2) is 14.4. The summed E-state index contributed by atoms with van der Waals surface area (Å²) in [6.45, 7) is 15.8. The molecule has 42 heavy (non-hydrogen) atoms.